The highest BCUT2D eigenvalue weighted by molar-refractivity contribution is 14.0. The molecule has 0 atom stereocenters. The summed E-state index contributed by atoms with van der Waals surface area (Å²) < 4.78 is 5.56. The van der Waals surface area contributed by atoms with Crippen LogP contribution in [0.5, 0.6) is 0 Å². The lowest BCUT2D eigenvalue weighted by Crippen LogP contribution is -2.39. The molecule has 0 fully saturated rings. The Balaban J connectivity index is 0.00000243. The zero-order valence-electron chi connectivity index (χ0n) is 14.8. The van der Waals surface area contributed by atoms with Gasteiger partial charge < -0.3 is 14.6 Å². The number of hydrogen-bond donors (Lipinski definition) is 1. The third-order valence-electron chi connectivity index (χ3n) is 3.64. The van der Waals surface area contributed by atoms with Crippen LogP contribution in [0.25, 0.3) is 10.8 Å². The summed E-state index contributed by atoms with van der Waals surface area (Å²) in [5.41, 5.74) is 0.838. The molecule has 0 aliphatic heterocycles. The Bertz CT molecular complexity index is 784. The minimum absolute atomic E-state index is 0. The van der Waals surface area contributed by atoms with Crippen molar-refractivity contribution in [1.29, 1.82) is 0 Å². The molecule has 0 spiro atoms. The third-order valence-corrected chi connectivity index (χ3v) is 5.44. The van der Waals surface area contributed by atoms with E-state index < -0.39 is 0 Å². The van der Waals surface area contributed by atoms with Gasteiger partial charge in [-0.05, 0) is 36.2 Å². The lowest BCUT2D eigenvalue weighted by Gasteiger charge is -2.21. The zero-order chi connectivity index (χ0) is 17.5. The van der Waals surface area contributed by atoms with Gasteiger partial charge in [-0.3, -0.25) is 0 Å². The smallest absolute Gasteiger partial charge is 0.236 e. The summed E-state index contributed by atoms with van der Waals surface area (Å²) in [6.07, 6.45) is 2.71. The second kappa shape index (κ2) is 10.7. The summed E-state index contributed by atoms with van der Waals surface area (Å²) in [6.45, 7) is 4.33. The molecule has 0 aliphatic rings. The van der Waals surface area contributed by atoms with Crippen LogP contribution in [0, 0.1) is 0 Å². The summed E-state index contributed by atoms with van der Waals surface area (Å²) in [4.78, 5) is 13.8. The molecule has 140 valence electrons. The minimum atomic E-state index is 0. The Morgan fingerprint density at radius 1 is 1.27 bits per heavy atom. The fraction of sp³-hybridized carbons (Fsp3) is 0.333. The van der Waals surface area contributed by atoms with Gasteiger partial charge in [0.1, 0.15) is 12.0 Å². The van der Waals surface area contributed by atoms with Crippen molar-refractivity contribution in [1.82, 2.24) is 15.2 Å². The van der Waals surface area contributed by atoms with Crippen molar-refractivity contribution in [2.24, 2.45) is 4.99 Å². The fourth-order valence-electron chi connectivity index (χ4n) is 2.36. The predicted octanol–water partition coefficient (Wildman–Crippen LogP) is 4.72. The van der Waals surface area contributed by atoms with Crippen molar-refractivity contribution in [2.75, 3.05) is 20.1 Å². The van der Waals surface area contributed by atoms with Crippen LogP contribution in [0.4, 0.5) is 0 Å². The molecule has 0 unspecified atom stereocenters. The SMILES string of the molecule is CCNC(=NCc1coc(-c2cccs2)n1)N(C)CCc1cccs1.I. The third kappa shape index (κ3) is 5.82. The van der Waals surface area contributed by atoms with Gasteiger partial charge in [-0.2, -0.15) is 0 Å². The molecule has 3 rings (SSSR count). The van der Waals surface area contributed by atoms with E-state index in [0.29, 0.717) is 12.4 Å². The molecule has 3 heterocycles. The molecular weight excluding hydrogens is 479 g/mol. The number of oxazole rings is 1. The maximum atomic E-state index is 5.56. The topological polar surface area (TPSA) is 53.7 Å². The maximum Gasteiger partial charge on any atom is 0.236 e. The van der Waals surface area contributed by atoms with E-state index in [4.69, 9.17) is 9.41 Å². The molecule has 3 aromatic rings. The van der Waals surface area contributed by atoms with Gasteiger partial charge >= 0.3 is 0 Å². The predicted molar refractivity (Wildman–Crippen MR) is 121 cm³/mol. The number of hydrogen-bond acceptors (Lipinski definition) is 5. The normalized spacial score (nSPS) is 11.2. The van der Waals surface area contributed by atoms with Crippen LogP contribution in [-0.2, 0) is 13.0 Å². The Hall–Kier alpha value is -1.39. The lowest BCUT2D eigenvalue weighted by atomic mass is 10.3. The van der Waals surface area contributed by atoms with E-state index in [1.165, 1.54) is 4.88 Å². The first-order valence-electron chi connectivity index (χ1n) is 8.26. The maximum absolute atomic E-state index is 5.56. The molecule has 0 aromatic carbocycles. The molecule has 1 N–H and O–H groups in total. The number of guanidine groups is 1. The molecule has 0 amide bonds. The van der Waals surface area contributed by atoms with Gasteiger partial charge in [0, 0.05) is 25.0 Å². The lowest BCUT2D eigenvalue weighted by molar-refractivity contribution is 0.486. The number of thiophene rings is 2. The van der Waals surface area contributed by atoms with Crippen LogP contribution < -0.4 is 5.32 Å². The molecule has 0 aliphatic carbocycles. The summed E-state index contributed by atoms with van der Waals surface area (Å²) in [7, 11) is 2.06. The van der Waals surface area contributed by atoms with E-state index in [9.17, 15) is 0 Å². The van der Waals surface area contributed by atoms with Crippen molar-refractivity contribution in [3.63, 3.8) is 0 Å². The quantitative estimate of drug-likeness (QED) is 0.289. The number of rotatable bonds is 7. The van der Waals surface area contributed by atoms with Crippen LogP contribution in [-0.4, -0.2) is 36.0 Å². The fourth-order valence-corrected chi connectivity index (χ4v) is 3.71. The molecule has 0 bridgehead atoms. The second-order valence-corrected chi connectivity index (χ2v) is 7.52. The van der Waals surface area contributed by atoms with Gasteiger partial charge in [0.15, 0.2) is 5.96 Å². The van der Waals surface area contributed by atoms with Crippen LogP contribution in [0.3, 0.4) is 0 Å². The number of likely N-dealkylation sites (N-methyl/N-ethyl adjacent to an activating group) is 1. The van der Waals surface area contributed by atoms with Gasteiger partial charge in [-0.15, -0.1) is 46.7 Å². The molecular formula is C18H23IN4OS2. The van der Waals surface area contributed by atoms with E-state index in [2.05, 4.69) is 46.7 Å². The average Bonchev–Trinajstić information content (AvgIpc) is 3.38. The largest absolute Gasteiger partial charge is 0.443 e. The van der Waals surface area contributed by atoms with E-state index in [0.717, 1.165) is 36.0 Å². The van der Waals surface area contributed by atoms with Gasteiger partial charge in [-0.1, -0.05) is 12.1 Å². The molecule has 3 aromatic heterocycles. The Labute approximate surface area is 179 Å². The first-order valence-corrected chi connectivity index (χ1v) is 10.0. The first-order chi connectivity index (χ1) is 12.3. The van der Waals surface area contributed by atoms with Crippen LogP contribution in [0.1, 0.15) is 17.5 Å². The van der Waals surface area contributed by atoms with Crippen molar-refractivity contribution in [3.8, 4) is 10.8 Å². The van der Waals surface area contributed by atoms with Crippen molar-refractivity contribution in [2.45, 2.75) is 19.9 Å². The van der Waals surface area contributed by atoms with E-state index in [-0.39, 0.29) is 24.0 Å². The summed E-state index contributed by atoms with van der Waals surface area (Å²) in [6, 6.07) is 8.26. The Morgan fingerprint density at radius 2 is 2.08 bits per heavy atom. The number of aromatic nitrogens is 1. The average molecular weight is 502 g/mol. The summed E-state index contributed by atoms with van der Waals surface area (Å²) in [5.74, 6) is 1.55. The van der Waals surface area contributed by atoms with Gasteiger partial charge in [-0.25, -0.2) is 9.98 Å². The second-order valence-electron chi connectivity index (χ2n) is 5.54. The number of nitrogens with zero attached hydrogens (tertiary/aromatic N) is 3. The van der Waals surface area contributed by atoms with Crippen LogP contribution in [0.15, 0.2) is 50.7 Å². The summed E-state index contributed by atoms with van der Waals surface area (Å²) >= 11 is 3.41. The van der Waals surface area contributed by atoms with Gasteiger partial charge in [0.25, 0.3) is 0 Å². The Morgan fingerprint density at radius 3 is 2.77 bits per heavy atom. The molecule has 8 heteroatoms. The number of nitrogens with one attached hydrogen (secondary N) is 1. The van der Waals surface area contributed by atoms with Gasteiger partial charge in [0.2, 0.25) is 5.89 Å². The first kappa shape index (κ1) is 20.9. The van der Waals surface area contributed by atoms with E-state index >= 15 is 0 Å². The Kier molecular flexibility index (Phi) is 8.60. The molecule has 0 saturated heterocycles. The van der Waals surface area contributed by atoms with E-state index in [1.807, 2.05) is 17.5 Å². The highest BCUT2D eigenvalue weighted by Crippen LogP contribution is 2.23. The zero-order valence-corrected chi connectivity index (χ0v) is 18.8. The molecule has 0 saturated carbocycles. The molecule has 5 nitrogen and oxygen atoms in total. The van der Waals surface area contributed by atoms with Crippen molar-refractivity contribution in [3.05, 3.63) is 51.9 Å². The molecule has 0 radical (unpaired) electrons. The number of halogens is 1. The monoisotopic (exact) mass is 502 g/mol. The number of aliphatic imine (C=N–C) groups is 1. The highest BCUT2D eigenvalue weighted by atomic mass is 127. The molecule has 26 heavy (non-hydrogen) atoms. The highest BCUT2D eigenvalue weighted by Gasteiger charge is 2.09. The summed E-state index contributed by atoms with van der Waals surface area (Å²) in [5, 5.41) is 7.47. The van der Waals surface area contributed by atoms with Crippen LogP contribution in [0.2, 0.25) is 0 Å². The van der Waals surface area contributed by atoms with Crippen molar-refractivity contribution < 1.29 is 4.42 Å². The van der Waals surface area contributed by atoms with Crippen molar-refractivity contribution >= 4 is 52.6 Å². The van der Waals surface area contributed by atoms with E-state index in [1.54, 1.807) is 28.9 Å². The van der Waals surface area contributed by atoms with Gasteiger partial charge in [0.05, 0.1) is 11.4 Å². The minimum Gasteiger partial charge on any atom is -0.443 e. The van der Waals surface area contributed by atoms with Crippen LogP contribution >= 0.6 is 46.7 Å². The standard InChI is InChI=1S/C18H22N4OS2.HI/c1-3-19-18(22(2)9-8-15-6-4-10-24-15)20-12-14-13-23-17(21-14)16-7-5-11-25-16;/h4-7,10-11,13H,3,8-9,12H2,1-2H3,(H,19,20);1H.